The van der Waals surface area contributed by atoms with Gasteiger partial charge in [0.05, 0.1) is 5.56 Å². The Balaban J connectivity index is 2.55. The van der Waals surface area contributed by atoms with Crippen LogP contribution in [0.4, 0.5) is 0 Å². The quantitative estimate of drug-likeness (QED) is 0.462. The van der Waals surface area contributed by atoms with E-state index in [1.807, 2.05) is 30.3 Å². The van der Waals surface area contributed by atoms with Crippen LogP contribution in [0.3, 0.4) is 0 Å². The molecule has 0 aliphatic heterocycles. The number of phenols is 1. The zero-order chi connectivity index (χ0) is 11.4. The van der Waals surface area contributed by atoms with Crippen molar-refractivity contribution < 1.29 is 9.90 Å². The Morgan fingerprint density at radius 2 is 1.56 bits per heavy atom. The van der Waals surface area contributed by atoms with Gasteiger partial charge in [-0.05, 0) is 24.3 Å². The van der Waals surface area contributed by atoms with Gasteiger partial charge < -0.3 is 10.6 Å². The Bertz CT molecular complexity index is 543. The summed E-state index contributed by atoms with van der Waals surface area (Å²) in [6.07, 6.45) is 0. The average Bonchev–Trinajstić information content (AvgIpc) is 2.34. The lowest BCUT2D eigenvalue weighted by molar-refractivity contribution is -0.00292. The van der Waals surface area contributed by atoms with Gasteiger partial charge in [0.15, 0.2) is 0 Å². The second-order valence-corrected chi connectivity index (χ2v) is 3.33. The maximum atomic E-state index is 9.68. The first-order chi connectivity index (χ1) is 7.83. The van der Waals surface area contributed by atoms with E-state index in [4.69, 9.17) is 5.53 Å². The molecular weight excluding hydrogens is 200 g/mol. The molecule has 0 aliphatic rings. The third-order valence-electron chi connectivity index (χ3n) is 2.31. The van der Waals surface area contributed by atoms with Gasteiger partial charge >= 0.3 is 5.71 Å². The molecule has 0 aromatic heterocycles. The SMILES string of the molecule is [N-]=[N+]=C(c1ccccc1)c1ccccc1O. The molecule has 1 N–H and O–H groups in total. The standard InChI is InChI=1S/C13H10N2O/c14-15-13(10-6-2-1-3-7-10)11-8-4-5-9-12(11)16/h1-9,16H. The first kappa shape index (κ1) is 10.1. The molecule has 0 radical (unpaired) electrons. The van der Waals surface area contributed by atoms with Crippen LogP contribution in [0.2, 0.25) is 0 Å². The van der Waals surface area contributed by atoms with Gasteiger partial charge in [0.25, 0.3) is 0 Å². The molecule has 0 saturated carbocycles. The summed E-state index contributed by atoms with van der Waals surface area (Å²) in [7, 11) is 0. The molecule has 0 atom stereocenters. The summed E-state index contributed by atoms with van der Waals surface area (Å²) >= 11 is 0. The number of rotatable bonds is 2. The minimum atomic E-state index is 0.0964. The van der Waals surface area contributed by atoms with Crippen LogP contribution in [0, 0.1) is 0 Å². The Morgan fingerprint density at radius 3 is 2.19 bits per heavy atom. The first-order valence-corrected chi connectivity index (χ1v) is 4.89. The van der Waals surface area contributed by atoms with E-state index in [1.54, 1.807) is 24.3 Å². The van der Waals surface area contributed by atoms with Gasteiger partial charge in [-0.25, -0.2) is 0 Å². The summed E-state index contributed by atoms with van der Waals surface area (Å²) in [5.74, 6) is 0.0964. The number of para-hydroxylation sites is 1. The molecule has 0 bridgehead atoms. The molecule has 78 valence electrons. The smallest absolute Gasteiger partial charge is 0.333 e. The summed E-state index contributed by atoms with van der Waals surface area (Å²) in [4.78, 5) is 3.25. The molecule has 0 unspecified atom stereocenters. The molecule has 2 rings (SSSR count). The van der Waals surface area contributed by atoms with Crippen molar-refractivity contribution >= 4 is 5.71 Å². The molecule has 0 spiro atoms. The molecule has 3 nitrogen and oxygen atoms in total. The number of hydrogen-bond acceptors (Lipinski definition) is 1. The topological polar surface area (TPSA) is 56.6 Å². The van der Waals surface area contributed by atoms with Crippen LogP contribution in [-0.2, 0) is 0 Å². The van der Waals surface area contributed by atoms with Crippen LogP contribution in [0.5, 0.6) is 5.75 Å². The van der Waals surface area contributed by atoms with E-state index in [1.165, 1.54) is 0 Å². The van der Waals surface area contributed by atoms with Gasteiger partial charge in [-0.15, -0.1) is 0 Å². The van der Waals surface area contributed by atoms with Crippen LogP contribution in [0.15, 0.2) is 54.6 Å². The zero-order valence-electron chi connectivity index (χ0n) is 8.54. The summed E-state index contributed by atoms with van der Waals surface area (Å²) in [5.41, 5.74) is 10.7. The van der Waals surface area contributed by atoms with E-state index < -0.39 is 0 Å². The first-order valence-electron chi connectivity index (χ1n) is 4.89. The summed E-state index contributed by atoms with van der Waals surface area (Å²) in [6, 6.07) is 16.0. The van der Waals surface area contributed by atoms with E-state index in [-0.39, 0.29) is 5.75 Å². The van der Waals surface area contributed by atoms with Crippen molar-refractivity contribution in [2.75, 3.05) is 0 Å². The molecule has 2 aromatic carbocycles. The zero-order valence-corrected chi connectivity index (χ0v) is 8.54. The summed E-state index contributed by atoms with van der Waals surface area (Å²) < 4.78 is 0. The molecule has 2 aromatic rings. The molecule has 0 heterocycles. The highest BCUT2D eigenvalue weighted by molar-refractivity contribution is 6.10. The fraction of sp³-hybridized carbons (Fsp3) is 0. The normalized spacial score (nSPS) is 9.50. The van der Waals surface area contributed by atoms with E-state index in [2.05, 4.69) is 4.79 Å². The van der Waals surface area contributed by atoms with Crippen LogP contribution in [0.1, 0.15) is 11.1 Å². The molecule has 0 amide bonds. The van der Waals surface area contributed by atoms with Gasteiger partial charge in [0.1, 0.15) is 11.3 Å². The van der Waals surface area contributed by atoms with Gasteiger partial charge in [0, 0.05) is 0 Å². The van der Waals surface area contributed by atoms with Crippen LogP contribution in [0.25, 0.3) is 5.53 Å². The van der Waals surface area contributed by atoms with Gasteiger partial charge in [-0.3, -0.25) is 0 Å². The number of nitrogens with zero attached hydrogens (tertiary/aromatic N) is 2. The van der Waals surface area contributed by atoms with E-state index in [0.717, 1.165) is 5.56 Å². The Kier molecular flexibility index (Phi) is 2.81. The minimum Gasteiger partial charge on any atom is -0.507 e. The second kappa shape index (κ2) is 4.43. The molecule has 0 saturated heterocycles. The highest BCUT2D eigenvalue weighted by Gasteiger charge is 2.17. The van der Waals surface area contributed by atoms with Crippen molar-refractivity contribution in [1.82, 2.24) is 0 Å². The Labute approximate surface area is 93.2 Å². The monoisotopic (exact) mass is 210 g/mol. The number of benzene rings is 2. The van der Waals surface area contributed by atoms with Gasteiger partial charge in [-0.2, -0.15) is 4.79 Å². The fourth-order valence-corrected chi connectivity index (χ4v) is 1.54. The van der Waals surface area contributed by atoms with Crippen LogP contribution < -0.4 is 0 Å². The van der Waals surface area contributed by atoms with Crippen molar-refractivity contribution in [2.24, 2.45) is 0 Å². The number of phenolic OH excluding ortho intramolecular Hbond substituents is 1. The molecule has 0 fully saturated rings. The molecule has 3 heteroatoms. The number of aromatic hydroxyl groups is 1. The third-order valence-corrected chi connectivity index (χ3v) is 2.31. The predicted molar refractivity (Wildman–Crippen MR) is 61.4 cm³/mol. The predicted octanol–water partition coefficient (Wildman–Crippen LogP) is 2.46. The van der Waals surface area contributed by atoms with E-state index in [9.17, 15) is 5.11 Å². The van der Waals surface area contributed by atoms with Crippen molar-refractivity contribution in [1.29, 1.82) is 0 Å². The maximum absolute atomic E-state index is 9.68. The largest absolute Gasteiger partial charge is 0.507 e. The minimum absolute atomic E-state index is 0.0964. The lowest BCUT2D eigenvalue weighted by Gasteiger charge is -1.99. The Morgan fingerprint density at radius 1 is 0.938 bits per heavy atom. The van der Waals surface area contributed by atoms with E-state index >= 15 is 0 Å². The van der Waals surface area contributed by atoms with Crippen molar-refractivity contribution in [2.45, 2.75) is 0 Å². The third kappa shape index (κ3) is 1.85. The van der Waals surface area contributed by atoms with E-state index in [0.29, 0.717) is 11.3 Å². The summed E-state index contributed by atoms with van der Waals surface area (Å²) in [6.45, 7) is 0. The Hall–Kier alpha value is -2.38. The van der Waals surface area contributed by atoms with Gasteiger partial charge in [-0.1, -0.05) is 30.3 Å². The highest BCUT2D eigenvalue weighted by Crippen LogP contribution is 2.19. The van der Waals surface area contributed by atoms with Crippen LogP contribution >= 0.6 is 0 Å². The molecule has 16 heavy (non-hydrogen) atoms. The van der Waals surface area contributed by atoms with Crippen LogP contribution in [-0.4, -0.2) is 15.6 Å². The van der Waals surface area contributed by atoms with Crippen molar-refractivity contribution in [3.8, 4) is 5.75 Å². The maximum Gasteiger partial charge on any atom is 0.333 e. The fourth-order valence-electron chi connectivity index (χ4n) is 1.54. The average molecular weight is 210 g/mol. The van der Waals surface area contributed by atoms with Crippen molar-refractivity contribution in [3.05, 3.63) is 71.3 Å². The molecular formula is C13H10N2O. The van der Waals surface area contributed by atoms with Gasteiger partial charge in [0.2, 0.25) is 0 Å². The second-order valence-electron chi connectivity index (χ2n) is 3.33. The number of hydrogen-bond donors (Lipinski definition) is 1. The van der Waals surface area contributed by atoms with Crippen molar-refractivity contribution in [3.63, 3.8) is 0 Å². The summed E-state index contributed by atoms with van der Waals surface area (Å²) in [5, 5.41) is 9.68. The molecule has 0 aliphatic carbocycles. The highest BCUT2D eigenvalue weighted by atomic mass is 16.3. The lowest BCUT2D eigenvalue weighted by atomic mass is 10.0. The lowest BCUT2D eigenvalue weighted by Crippen LogP contribution is -2.04.